The van der Waals surface area contributed by atoms with Crippen LogP contribution in [0.2, 0.25) is 5.02 Å². The van der Waals surface area contributed by atoms with Crippen molar-refractivity contribution in [2.24, 2.45) is 11.1 Å². The second-order valence-corrected chi connectivity index (χ2v) is 23.3. The number of aryl methyl sites for hydroxylation is 1. The van der Waals surface area contributed by atoms with E-state index in [0.29, 0.717) is 65.5 Å². The number of nitrogens with zero attached hydrogens (tertiary/aromatic N) is 7. The third-order valence-corrected chi connectivity index (χ3v) is 16.6. The summed E-state index contributed by atoms with van der Waals surface area (Å²) in [5, 5.41) is 19.7. The monoisotopic (exact) mass is 1080 g/mol. The van der Waals surface area contributed by atoms with Gasteiger partial charge in [0.1, 0.15) is 41.7 Å². The lowest BCUT2D eigenvalue weighted by Crippen LogP contribution is -2.59. The van der Waals surface area contributed by atoms with Crippen LogP contribution in [-0.2, 0) is 30.5 Å². The first kappa shape index (κ1) is 54.6. The molecule has 19 nitrogen and oxygen atoms in total. The molecular formula is C51H66ClFN12O7S2. The topological polar surface area (TPSA) is 255 Å². The fourth-order valence-corrected chi connectivity index (χ4v) is 11.1. The van der Waals surface area contributed by atoms with E-state index in [2.05, 4.69) is 40.7 Å². The highest BCUT2D eigenvalue weighted by Gasteiger charge is 2.53. The first-order valence-corrected chi connectivity index (χ1v) is 27.0. The van der Waals surface area contributed by atoms with Crippen molar-refractivity contribution in [2.45, 2.75) is 119 Å². The average molecular weight is 1080 g/mol. The van der Waals surface area contributed by atoms with Crippen LogP contribution in [0.5, 0.6) is 5.75 Å². The molecule has 0 bridgehead atoms. The van der Waals surface area contributed by atoms with Crippen LogP contribution in [0, 0.1) is 12.3 Å². The first-order valence-electron chi connectivity index (χ1n) is 24.9. The van der Waals surface area contributed by atoms with E-state index in [-0.39, 0.29) is 67.7 Å². The smallest absolute Gasteiger partial charge is 0.258 e. The molecule has 23 heteroatoms. The molecule has 4 aliphatic rings. The summed E-state index contributed by atoms with van der Waals surface area (Å²) >= 11 is 9.49. The van der Waals surface area contributed by atoms with Gasteiger partial charge in [-0.1, -0.05) is 62.3 Å². The minimum atomic E-state index is -1.99. The maximum atomic E-state index is 14.7. The number of ether oxygens (including phenoxy) is 1. The van der Waals surface area contributed by atoms with Crippen molar-refractivity contribution in [2.75, 3.05) is 74.9 Å². The van der Waals surface area contributed by atoms with Crippen molar-refractivity contribution in [3.8, 4) is 16.2 Å². The molecule has 3 aliphatic heterocycles. The van der Waals surface area contributed by atoms with Crippen molar-refractivity contribution >= 4 is 81.6 Å². The molecule has 3 saturated heterocycles. The fourth-order valence-electron chi connectivity index (χ4n) is 9.17. The number of aliphatic hydroxyl groups excluding tert-OH is 1. The molecule has 4 aromatic rings. The molecule has 74 heavy (non-hydrogen) atoms. The summed E-state index contributed by atoms with van der Waals surface area (Å²) in [5.41, 5.74) is 14.2. The summed E-state index contributed by atoms with van der Waals surface area (Å²) in [6.45, 7) is 13.4. The molecule has 2 aromatic heterocycles. The summed E-state index contributed by atoms with van der Waals surface area (Å²) in [5.74, 6) is -1.22. The number of β-amino-alcohol motifs (C(OH)–C–C–N with tert-alkyl or cyclic N) is 1. The van der Waals surface area contributed by atoms with Gasteiger partial charge in [0.05, 0.1) is 39.1 Å². The number of anilines is 3. The maximum Gasteiger partial charge on any atom is 0.258 e. The predicted molar refractivity (Wildman–Crippen MR) is 283 cm³/mol. The second kappa shape index (κ2) is 22.7. The number of carbonyl (C=O) groups excluding carboxylic acids is 5. The molecule has 8 N–H and O–H groups in total. The summed E-state index contributed by atoms with van der Waals surface area (Å²) < 4.78 is 21.1. The number of nitrogen functional groups attached to an aromatic ring is 1. The Balaban J connectivity index is 0.822. The Bertz CT molecular complexity index is 2740. The van der Waals surface area contributed by atoms with Gasteiger partial charge in [-0.2, -0.15) is 0 Å². The predicted octanol–water partition coefficient (Wildman–Crippen LogP) is 4.78. The fraction of sp³-hybridized carbons (Fsp3) is 0.529. The Hall–Kier alpha value is -5.65. The van der Waals surface area contributed by atoms with E-state index < -0.39 is 52.9 Å². The number of rotatable bonds is 17. The van der Waals surface area contributed by atoms with E-state index in [0.717, 1.165) is 42.1 Å². The number of piperazine rings is 1. The van der Waals surface area contributed by atoms with Gasteiger partial charge in [-0.25, -0.2) is 19.3 Å². The molecule has 2 aromatic carbocycles. The van der Waals surface area contributed by atoms with E-state index in [1.54, 1.807) is 55.6 Å². The SMILES string of the molecule is Cc1ncsc1-c1ccc(CNC(=O)[C@@H]2C[C@@H](O)CN2C(=O)[C@@H](NC(=O)C2(F)CC2)C(C)(C)C)c(OCCN2CCN(C(=O)CC(=O)Nc3cccc(Sc4ncc(N5CCC(C)(N)CC5)nc4N)c3Cl)CC2)c1. The van der Waals surface area contributed by atoms with Gasteiger partial charge in [-0.3, -0.25) is 28.9 Å². The summed E-state index contributed by atoms with van der Waals surface area (Å²) in [6.07, 6.45) is 2.20. The minimum Gasteiger partial charge on any atom is -0.492 e. The van der Waals surface area contributed by atoms with Gasteiger partial charge in [0.2, 0.25) is 23.6 Å². The average Bonchev–Trinajstić information content (AvgIpc) is 3.76. The summed E-state index contributed by atoms with van der Waals surface area (Å²) in [7, 11) is 0. The molecule has 0 unspecified atom stereocenters. The Morgan fingerprint density at radius 2 is 1.77 bits per heavy atom. The van der Waals surface area contributed by atoms with Crippen LogP contribution >= 0.6 is 34.7 Å². The highest BCUT2D eigenvalue weighted by molar-refractivity contribution is 7.99. The molecule has 0 spiro atoms. The number of carbonyl (C=O) groups is 5. The lowest BCUT2D eigenvalue weighted by molar-refractivity contribution is -0.145. The largest absolute Gasteiger partial charge is 0.492 e. The number of amides is 5. The van der Waals surface area contributed by atoms with Gasteiger partial charge < -0.3 is 52.0 Å². The van der Waals surface area contributed by atoms with Crippen LogP contribution in [0.15, 0.2) is 58.0 Å². The maximum absolute atomic E-state index is 14.7. The molecular weight excluding hydrogens is 1010 g/mol. The molecule has 8 rings (SSSR count). The molecule has 0 radical (unpaired) electrons. The Labute approximate surface area is 443 Å². The van der Waals surface area contributed by atoms with Crippen LogP contribution in [0.25, 0.3) is 10.4 Å². The van der Waals surface area contributed by atoms with E-state index >= 15 is 0 Å². The van der Waals surface area contributed by atoms with Crippen molar-refractivity contribution < 1.29 is 38.2 Å². The van der Waals surface area contributed by atoms with Crippen LogP contribution < -0.4 is 37.1 Å². The zero-order valence-electron chi connectivity index (χ0n) is 42.4. The van der Waals surface area contributed by atoms with Crippen molar-refractivity contribution in [3.05, 3.63) is 64.4 Å². The number of alkyl halides is 1. The number of hydrogen-bond acceptors (Lipinski definition) is 16. The number of benzene rings is 2. The third kappa shape index (κ3) is 13.2. The highest BCUT2D eigenvalue weighted by Crippen LogP contribution is 2.41. The molecule has 5 amide bonds. The van der Waals surface area contributed by atoms with Crippen LogP contribution in [-0.4, -0.2) is 153 Å². The van der Waals surface area contributed by atoms with Gasteiger partial charge in [-0.05, 0) is 68.7 Å². The van der Waals surface area contributed by atoms with Crippen molar-refractivity contribution in [1.29, 1.82) is 0 Å². The van der Waals surface area contributed by atoms with Crippen molar-refractivity contribution in [1.82, 2.24) is 40.3 Å². The van der Waals surface area contributed by atoms with Gasteiger partial charge in [0, 0.05) is 81.3 Å². The van der Waals surface area contributed by atoms with Crippen LogP contribution in [0.4, 0.5) is 21.7 Å². The number of aromatic nitrogens is 3. The lowest BCUT2D eigenvalue weighted by Gasteiger charge is -2.37. The molecule has 5 heterocycles. The minimum absolute atomic E-state index is 0.00321. The van der Waals surface area contributed by atoms with Gasteiger partial charge in [0.15, 0.2) is 11.5 Å². The molecule has 398 valence electrons. The second-order valence-electron chi connectivity index (χ2n) is 21.0. The van der Waals surface area contributed by atoms with E-state index in [1.807, 2.05) is 32.0 Å². The molecule has 1 saturated carbocycles. The Morgan fingerprint density at radius 3 is 2.43 bits per heavy atom. The quantitative estimate of drug-likeness (QED) is 0.0779. The zero-order chi connectivity index (χ0) is 53.1. The zero-order valence-corrected chi connectivity index (χ0v) is 44.8. The number of hydrogen-bond donors (Lipinski definition) is 6. The number of likely N-dealkylation sites (tertiary alicyclic amines) is 1. The van der Waals surface area contributed by atoms with E-state index in [1.165, 1.54) is 28.0 Å². The lowest BCUT2D eigenvalue weighted by atomic mass is 9.85. The normalized spacial score (nSPS) is 19.9. The van der Waals surface area contributed by atoms with Gasteiger partial charge in [0.25, 0.3) is 5.91 Å². The number of nitrogens with one attached hydrogen (secondary N) is 3. The number of thiazole rings is 1. The Morgan fingerprint density at radius 1 is 1.04 bits per heavy atom. The van der Waals surface area contributed by atoms with E-state index in [4.69, 9.17) is 27.8 Å². The summed E-state index contributed by atoms with van der Waals surface area (Å²) in [4.78, 5) is 89.5. The molecule has 3 atom stereocenters. The number of nitrogens with two attached hydrogens (primary N) is 2. The first-order chi connectivity index (χ1) is 35.1. The number of aliphatic hydroxyl groups is 1. The van der Waals surface area contributed by atoms with Crippen LogP contribution in [0.1, 0.15) is 77.5 Å². The molecule has 1 aliphatic carbocycles. The summed E-state index contributed by atoms with van der Waals surface area (Å²) in [6, 6.07) is 8.77. The van der Waals surface area contributed by atoms with Crippen LogP contribution in [0.3, 0.4) is 0 Å². The third-order valence-electron chi connectivity index (χ3n) is 14.0. The van der Waals surface area contributed by atoms with E-state index in [9.17, 15) is 33.5 Å². The molecule has 4 fully saturated rings. The number of halogens is 2. The number of piperidine rings is 1. The van der Waals surface area contributed by atoms with Gasteiger partial charge in [-0.15, -0.1) is 11.3 Å². The highest BCUT2D eigenvalue weighted by atomic mass is 35.5. The Kier molecular flexibility index (Phi) is 16.7. The standard InChI is InChI=1S/C51H66ClFN12O7S2/c1-30-42(73-29-58-30)31-9-10-32(26-56-45(69)35-24-33(66)28-65(35)47(70)43(49(2,3)4)61-48(71)51(53)11-12-51)36(23-31)72-22-21-62-17-19-64(20-18-62)40(68)25-39(67)59-34-7-6-8-37(41(34)52)74-46-44(54)60-38(27-57-46)63-15-13-50(5,55)14-16-63/h6-10,23,27,29,33,35,43,66H,11-22,24-26,28,55H2,1-5H3,(H2,54,60)(H,56,69)(H,59,67)(H,61,71)/t33-,35+,43-/m1/s1. The van der Waals surface area contributed by atoms with Crippen molar-refractivity contribution in [3.63, 3.8) is 0 Å². The van der Waals surface area contributed by atoms with Gasteiger partial charge >= 0.3 is 0 Å².